The van der Waals surface area contributed by atoms with Crippen molar-refractivity contribution in [2.45, 2.75) is 36.3 Å². The first-order chi connectivity index (χ1) is 9.65. The topological polar surface area (TPSA) is 34.1 Å². The Morgan fingerprint density at radius 1 is 0.850 bits per heavy atom. The first kappa shape index (κ1) is 13.4. The quantitative estimate of drug-likeness (QED) is 0.865. The fraction of sp³-hybridized carbons (Fsp3) is 0.294. The Bertz CT molecular complexity index is 703. The molecule has 20 heavy (non-hydrogen) atoms. The van der Waals surface area contributed by atoms with Gasteiger partial charge in [0.2, 0.25) is 0 Å². The first-order valence-electron chi connectivity index (χ1n) is 7.04. The van der Waals surface area contributed by atoms with Gasteiger partial charge in [0.1, 0.15) is 0 Å². The number of hydrogen-bond donors (Lipinski definition) is 0. The lowest BCUT2D eigenvalue weighted by Gasteiger charge is -2.16. The molecule has 3 rings (SSSR count). The van der Waals surface area contributed by atoms with Crippen LogP contribution in [0.4, 0.5) is 0 Å². The SMILES string of the molecule is O=S(=O)(Cc1ccccc1)c1ccc2c(c1)CCCC2. The van der Waals surface area contributed by atoms with E-state index < -0.39 is 9.84 Å². The van der Waals surface area contributed by atoms with Gasteiger partial charge in [0.25, 0.3) is 0 Å². The summed E-state index contributed by atoms with van der Waals surface area (Å²) in [5.41, 5.74) is 3.37. The molecule has 0 saturated heterocycles. The van der Waals surface area contributed by atoms with Crippen LogP contribution in [0.15, 0.2) is 53.4 Å². The van der Waals surface area contributed by atoms with Crippen LogP contribution in [0.3, 0.4) is 0 Å². The van der Waals surface area contributed by atoms with Gasteiger partial charge in [-0.3, -0.25) is 0 Å². The van der Waals surface area contributed by atoms with E-state index in [0.29, 0.717) is 4.90 Å². The maximum Gasteiger partial charge on any atom is 0.182 e. The van der Waals surface area contributed by atoms with Gasteiger partial charge in [-0.25, -0.2) is 8.42 Å². The summed E-state index contributed by atoms with van der Waals surface area (Å²) in [6.45, 7) is 0. The van der Waals surface area contributed by atoms with E-state index >= 15 is 0 Å². The third-order valence-corrected chi connectivity index (χ3v) is 5.56. The van der Waals surface area contributed by atoms with Gasteiger partial charge in [-0.1, -0.05) is 36.4 Å². The zero-order valence-electron chi connectivity index (χ0n) is 11.4. The summed E-state index contributed by atoms with van der Waals surface area (Å²) in [6.07, 6.45) is 4.46. The van der Waals surface area contributed by atoms with Crippen LogP contribution in [0.25, 0.3) is 0 Å². The van der Waals surface area contributed by atoms with Gasteiger partial charge < -0.3 is 0 Å². The Morgan fingerprint density at radius 3 is 2.30 bits per heavy atom. The van der Waals surface area contributed by atoms with Crippen LogP contribution in [0.1, 0.15) is 29.5 Å². The minimum absolute atomic E-state index is 0.0760. The minimum Gasteiger partial charge on any atom is -0.223 e. The van der Waals surface area contributed by atoms with E-state index in [9.17, 15) is 8.42 Å². The van der Waals surface area contributed by atoms with E-state index in [2.05, 4.69) is 0 Å². The highest BCUT2D eigenvalue weighted by atomic mass is 32.2. The van der Waals surface area contributed by atoms with E-state index in [1.807, 2.05) is 42.5 Å². The second-order valence-electron chi connectivity index (χ2n) is 5.38. The zero-order chi connectivity index (χ0) is 14.0. The molecular weight excluding hydrogens is 268 g/mol. The normalized spacial score (nSPS) is 14.8. The molecule has 0 aliphatic heterocycles. The lowest BCUT2D eigenvalue weighted by Crippen LogP contribution is -2.08. The van der Waals surface area contributed by atoms with Crippen LogP contribution in [0.5, 0.6) is 0 Å². The standard InChI is InChI=1S/C17H18O2S/c18-20(19,13-14-6-2-1-3-7-14)17-11-10-15-8-4-5-9-16(15)12-17/h1-3,6-7,10-12H,4-5,8-9,13H2. The molecule has 0 amide bonds. The van der Waals surface area contributed by atoms with Crippen LogP contribution in [-0.2, 0) is 28.4 Å². The summed E-state index contributed by atoms with van der Waals surface area (Å²) in [6, 6.07) is 15.0. The monoisotopic (exact) mass is 286 g/mol. The summed E-state index contributed by atoms with van der Waals surface area (Å²) in [4.78, 5) is 0.460. The third-order valence-electron chi connectivity index (χ3n) is 3.88. The molecule has 0 radical (unpaired) electrons. The van der Waals surface area contributed by atoms with Gasteiger partial charge in [0.05, 0.1) is 10.6 Å². The highest BCUT2D eigenvalue weighted by Crippen LogP contribution is 2.25. The minimum atomic E-state index is -3.25. The molecule has 0 atom stereocenters. The molecule has 0 saturated carbocycles. The molecule has 0 fully saturated rings. The molecule has 1 aliphatic carbocycles. The summed E-state index contributed by atoms with van der Waals surface area (Å²) in [5.74, 6) is 0.0760. The summed E-state index contributed by atoms with van der Waals surface area (Å²) in [5, 5.41) is 0. The molecule has 2 aromatic carbocycles. The molecule has 104 valence electrons. The maximum atomic E-state index is 12.5. The van der Waals surface area contributed by atoms with Crippen molar-refractivity contribution in [2.75, 3.05) is 0 Å². The molecular formula is C17H18O2S. The second-order valence-corrected chi connectivity index (χ2v) is 7.37. The van der Waals surface area contributed by atoms with Crippen molar-refractivity contribution in [2.24, 2.45) is 0 Å². The zero-order valence-corrected chi connectivity index (χ0v) is 12.2. The van der Waals surface area contributed by atoms with E-state index in [1.165, 1.54) is 17.5 Å². The smallest absolute Gasteiger partial charge is 0.182 e. The number of sulfone groups is 1. The molecule has 0 spiro atoms. The highest BCUT2D eigenvalue weighted by Gasteiger charge is 2.18. The van der Waals surface area contributed by atoms with Crippen molar-refractivity contribution >= 4 is 9.84 Å². The average molecular weight is 286 g/mol. The van der Waals surface area contributed by atoms with Gasteiger partial charge in [-0.15, -0.1) is 0 Å². The van der Waals surface area contributed by atoms with Crippen LogP contribution in [0, 0.1) is 0 Å². The predicted octanol–water partition coefficient (Wildman–Crippen LogP) is 3.54. The fourth-order valence-electron chi connectivity index (χ4n) is 2.78. The Hall–Kier alpha value is -1.61. The highest BCUT2D eigenvalue weighted by molar-refractivity contribution is 7.90. The fourth-order valence-corrected chi connectivity index (χ4v) is 4.18. The van der Waals surface area contributed by atoms with Crippen molar-refractivity contribution in [3.63, 3.8) is 0 Å². The van der Waals surface area contributed by atoms with Crippen molar-refractivity contribution in [1.82, 2.24) is 0 Å². The Morgan fingerprint density at radius 2 is 1.55 bits per heavy atom. The number of rotatable bonds is 3. The van der Waals surface area contributed by atoms with Crippen LogP contribution in [-0.4, -0.2) is 8.42 Å². The Labute approximate surface area is 120 Å². The summed E-state index contributed by atoms with van der Waals surface area (Å²) in [7, 11) is -3.25. The average Bonchev–Trinajstić information content (AvgIpc) is 2.47. The maximum absolute atomic E-state index is 12.5. The predicted molar refractivity (Wildman–Crippen MR) is 80.4 cm³/mol. The van der Waals surface area contributed by atoms with Gasteiger partial charge in [0, 0.05) is 0 Å². The summed E-state index contributed by atoms with van der Waals surface area (Å²) < 4.78 is 25.0. The van der Waals surface area contributed by atoms with Crippen molar-refractivity contribution in [3.05, 3.63) is 65.2 Å². The molecule has 0 aromatic heterocycles. The first-order valence-corrected chi connectivity index (χ1v) is 8.69. The number of aryl methyl sites for hydroxylation is 2. The summed E-state index contributed by atoms with van der Waals surface area (Å²) >= 11 is 0. The van der Waals surface area contributed by atoms with E-state index in [0.717, 1.165) is 24.8 Å². The molecule has 1 aliphatic rings. The molecule has 3 heteroatoms. The van der Waals surface area contributed by atoms with Crippen molar-refractivity contribution in [3.8, 4) is 0 Å². The van der Waals surface area contributed by atoms with Crippen molar-refractivity contribution < 1.29 is 8.42 Å². The lowest BCUT2D eigenvalue weighted by molar-refractivity contribution is 0.594. The molecule has 2 nitrogen and oxygen atoms in total. The van der Waals surface area contributed by atoms with Gasteiger partial charge in [-0.2, -0.15) is 0 Å². The number of benzene rings is 2. The van der Waals surface area contributed by atoms with Crippen LogP contribution in [0.2, 0.25) is 0 Å². The van der Waals surface area contributed by atoms with Gasteiger partial charge >= 0.3 is 0 Å². The van der Waals surface area contributed by atoms with E-state index in [-0.39, 0.29) is 5.75 Å². The van der Waals surface area contributed by atoms with Gasteiger partial charge in [0.15, 0.2) is 9.84 Å². The number of fused-ring (bicyclic) bond motifs is 1. The lowest BCUT2D eigenvalue weighted by atomic mass is 9.92. The number of hydrogen-bond acceptors (Lipinski definition) is 2. The van der Waals surface area contributed by atoms with E-state index in [1.54, 1.807) is 6.07 Å². The second kappa shape index (κ2) is 5.41. The van der Waals surface area contributed by atoms with Gasteiger partial charge in [-0.05, 0) is 54.5 Å². The van der Waals surface area contributed by atoms with Crippen molar-refractivity contribution in [1.29, 1.82) is 0 Å². The Balaban J connectivity index is 1.91. The molecule has 0 bridgehead atoms. The Kier molecular flexibility index (Phi) is 3.62. The molecule has 0 unspecified atom stereocenters. The molecule has 0 N–H and O–H groups in total. The molecule has 0 heterocycles. The largest absolute Gasteiger partial charge is 0.223 e. The molecule has 2 aromatic rings. The van der Waals surface area contributed by atoms with Crippen LogP contribution < -0.4 is 0 Å². The van der Waals surface area contributed by atoms with E-state index in [4.69, 9.17) is 0 Å². The third kappa shape index (κ3) is 2.78. The van der Waals surface area contributed by atoms with Crippen LogP contribution >= 0.6 is 0 Å².